The Morgan fingerprint density at radius 1 is 1.19 bits per heavy atom. The van der Waals surface area contributed by atoms with Gasteiger partial charge in [0.05, 0.1) is 11.1 Å². The fourth-order valence-corrected chi connectivity index (χ4v) is 3.91. The number of fused-ring (bicyclic) bond motifs is 1. The van der Waals surface area contributed by atoms with Crippen LogP contribution in [-0.4, -0.2) is 21.2 Å². The van der Waals surface area contributed by atoms with Crippen molar-refractivity contribution in [3.05, 3.63) is 73.5 Å². The van der Waals surface area contributed by atoms with Gasteiger partial charge < -0.3 is 4.74 Å². The summed E-state index contributed by atoms with van der Waals surface area (Å²) in [7, 11) is 0. The SMILES string of the molecule is CCCOc1ccc(-c2nc3s/c(=C/c4ccccc4Br)c(=O)n3n2)cc1. The molecular formula is C20H16BrN3O2S. The van der Waals surface area contributed by atoms with E-state index in [2.05, 4.69) is 32.9 Å². The lowest BCUT2D eigenvalue weighted by molar-refractivity contribution is 0.317. The summed E-state index contributed by atoms with van der Waals surface area (Å²) in [5.41, 5.74) is 1.64. The zero-order chi connectivity index (χ0) is 18.8. The van der Waals surface area contributed by atoms with Crippen LogP contribution in [0.15, 0.2) is 57.8 Å². The summed E-state index contributed by atoms with van der Waals surface area (Å²) in [5, 5.41) is 4.39. The van der Waals surface area contributed by atoms with Crippen molar-refractivity contribution < 1.29 is 4.74 Å². The Balaban J connectivity index is 1.69. The van der Waals surface area contributed by atoms with E-state index >= 15 is 0 Å². The van der Waals surface area contributed by atoms with E-state index in [-0.39, 0.29) is 5.56 Å². The number of hydrogen-bond donors (Lipinski definition) is 0. The molecule has 0 unspecified atom stereocenters. The fourth-order valence-electron chi connectivity index (χ4n) is 2.61. The zero-order valence-electron chi connectivity index (χ0n) is 14.6. The second-order valence-corrected chi connectivity index (χ2v) is 7.80. The highest BCUT2D eigenvalue weighted by atomic mass is 79.9. The molecular weight excluding hydrogens is 426 g/mol. The van der Waals surface area contributed by atoms with E-state index in [0.717, 1.165) is 27.8 Å². The molecule has 0 saturated carbocycles. The van der Waals surface area contributed by atoms with Crippen LogP contribution in [0.3, 0.4) is 0 Å². The number of aromatic nitrogens is 3. The average Bonchev–Trinajstić information content (AvgIpc) is 3.22. The van der Waals surface area contributed by atoms with Crippen LogP contribution >= 0.6 is 27.3 Å². The summed E-state index contributed by atoms with van der Waals surface area (Å²) < 4.78 is 8.50. The number of nitrogens with zero attached hydrogens (tertiary/aromatic N) is 3. The monoisotopic (exact) mass is 441 g/mol. The van der Waals surface area contributed by atoms with Gasteiger partial charge >= 0.3 is 0 Å². The summed E-state index contributed by atoms with van der Waals surface area (Å²) in [6.07, 6.45) is 2.82. The van der Waals surface area contributed by atoms with Gasteiger partial charge in [-0.3, -0.25) is 4.79 Å². The molecule has 0 radical (unpaired) electrons. The predicted octanol–water partition coefficient (Wildman–Crippen LogP) is 3.92. The van der Waals surface area contributed by atoms with E-state index in [0.29, 0.717) is 21.9 Å². The van der Waals surface area contributed by atoms with Gasteiger partial charge in [0.25, 0.3) is 5.56 Å². The lowest BCUT2D eigenvalue weighted by Gasteiger charge is -2.04. The maximum atomic E-state index is 12.7. The van der Waals surface area contributed by atoms with Crippen LogP contribution in [0.5, 0.6) is 5.75 Å². The Hall–Kier alpha value is -2.51. The van der Waals surface area contributed by atoms with E-state index in [1.165, 1.54) is 15.9 Å². The third-order valence-electron chi connectivity index (χ3n) is 3.96. The Morgan fingerprint density at radius 3 is 2.67 bits per heavy atom. The van der Waals surface area contributed by atoms with Gasteiger partial charge in [-0.05, 0) is 48.4 Å². The van der Waals surface area contributed by atoms with Crippen LogP contribution in [0.2, 0.25) is 0 Å². The number of halogens is 1. The molecule has 0 aliphatic heterocycles. The number of ether oxygens (including phenoxy) is 1. The highest BCUT2D eigenvalue weighted by Crippen LogP contribution is 2.21. The topological polar surface area (TPSA) is 56.5 Å². The minimum absolute atomic E-state index is 0.160. The number of thiazole rings is 1. The molecule has 2 aromatic carbocycles. The maximum Gasteiger partial charge on any atom is 0.291 e. The molecule has 0 amide bonds. The van der Waals surface area contributed by atoms with Crippen molar-refractivity contribution in [1.82, 2.24) is 14.6 Å². The molecule has 0 saturated heterocycles. The number of rotatable bonds is 5. The van der Waals surface area contributed by atoms with Crippen LogP contribution in [0.1, 0.15) is 18.9 Å². The molecule has 136 valence electrons. The quantitative estimate of drug-likeness (QED) is 0.470. The van der Waals surface area contributed by atoms with Gasteiger partial charge in [0.15, 0.2) is 5.82 Å². The van der Waals surface area contributed by atoms with E-state index in [1.54, 1.807) is 0 Å². The highest BCUT2D eigenvalue weighted by molar-refractivity contribution is 9.10. The van der Waals surface area contributed by atoms with Crippen molar-refractivity contribution in [2.45, 2.75) is 13.3 Å². The lowest BCUT2D eigenvalue weighted by Crippen LogP contribution is -2.23. The van der Waals surface area contributed by atoms with Crippen molar-refractivity contribution in [1.29, 1.82) is 0 Å². The molecule has 0 N–H and O–H groups in total. The van der Waals surface area contributed by atoms with Crippen LogP contribution in [0.4, 0.5) is 0 Å². The van der Waals surface area contributed by atoms with Gasteiger partial charge in [-0.2, -0.15) is 9.50 Å². The van der Waals surface area contributed by atoms with E-state index < -0.39 is 0 Å². The third kappa shape index (κ3) is 3.65. The summed E-state index contributed by atoms with van der Waals surface area (Å²) in [4.78, 5) is 17.8. The second-order valence-electron chi connectivity index (χ2n) is 5.94. The Bertz CT molecular complexity index is 1200. The van der Waals surface area contributed by atoms with Crippen molar-refractivity contribution in [3.63, 3.8) is 0 Å². The summed E-state index contributed by atoms with van der Waals surface area (Å²) in [6, 6.07) is 15.4. The van der Waals surface area contributed by atoms with Crippen molar-refractivity contribution >= 4 is 38.3 Å². The molecule has 5 nitrogen and oxygen atoms in total. The highest BCUT2D eigenvalue weighted by Gasteiger charge is 2.12. The summed E-state index contributed by atoms with van der Waals surface area (Å²) >= 11 is 4.83. The van der Waals surface area contributed by atoms with E-state index in [4.69, 9.17) is 4.74 Å². The molecule has 0 fully saturated rings. The molecule has 4 rings (SSSR count). The molecule has 2 heterocycles. The van der Waals surface area contributed by atoms with Crippen LogP contribution in [0, 0.1) is 0 Å². The van der Waals surface area contributed by atoms with Crippen LogP contribution < -0.4 is 14.8 Å². The molecule has 0 aliphatic rings. The maximum absolute atomic E-state index is 12.7. The average molecular weight is 442 g/mol. The molecule has 2 aromatic heterocycles. The van der Waals surface area contributed by atoms with Gasteiger partial charge in [-0.15, -0.1) is 5.10 Å². The number of hydrogen-bond acceptors (Lipinski definition) is 5. The second kappa shape index (κ2) is 7.62. The zero-order valence-corrected chi connectivity index (χ0v) is 17.0. The largest absolute Gasteiger partial charge is 0.494 e. The molecule has 0 atom stereocenters. The van der Waals surface area contributed by atoms with Crippen molar-refractivity contribution in [2.24, 2.45) is 0 Å². The van der Waals surface area contributed by atoms with Gasteiger partial charge in [0.2, 0.25) is 4.96 Å². The molecule has 7 heteroatoms. The van der Waals surface area contributed by atoms with Gasteiger partial charge in [-0.25, -0.2) is 0 Å². The molecule has 4 aromatic rings. The summed E-state index contributed by atoms with van der Waals surface area (Å²) in [6.45, 7) is 2.76. The summed E-state index contributed by atoms with van der Waals surface area (Å²) in [5.74, 6) is 1.35. The minimum atomic E-state index is -0.160. The molecule has 0 bridgehead atoms. The first-order valence-corrected chi connectivity index (χ1v) is 10.2. The normalized spacial score (nSPS) is 12.0. The minimum Gasteiger partial charge on any atom is -0.494 e. The van der Waals surface area contributed by atoms with E-state index in [9.17, 15) is 4.79 Å². The standard InChI is InChI=1S/C20H16BrN3O2S/c1-2-11-26-15-9-7-13(8-10-15)18-22-20-24(23-18)19(25)17(27-20)12-14-5-3-4-6-16(14)21/h3-10,12H,2,11H2,1H3/b17-12+. The first-order valence-electron chi connectivity index (χ1n) is 8.55. The van der Waals surface area contributed by atoms with Gasteiger partial charge in [-0.1, -0.05) is 52.4 Å². The van der Waals surface area contributed by atoms with Gasteiger partial charge in [0, 0.05) is 10.0 Å². The first-order chi connectivity index (χ1) is 13.2. The predicted molar refractivity (Wildman–Crippen MR) is 111 cm³/mol. The fraction of sp³-hybridized carbons (Fsp3) is 0.150. The smallest absolute Gasteiger partial charge is 0.291 e. The van der Waals surface area contributed by atoms with E-state index in [1.807, 2.05) is 54.6 Å². The van der Waals surface area contributed by atoms with Gasteiger partial charge in [0.1, 0.15) is 5.75 Å². The third-order valence-corrected chi connectivity index (χ3v) is 5.64. The van der Waals surface area contributed by atoms with Crippen molar-refractivity contribution in [2.75, 3.05) is 6.61 Å². The lowest BCUT2D eigenvalue weighted by atomic mass is 10.2. The Kier molecular flexibility index (Phi) is 5.05. The molecule has 0 spiro atoms. The Labute approximate surface area is 168 Å². The van der Waals surface area contributed by atoms with Crippen LogP contribution in [-0.2, 0) is 0 Å². The van der Waals surface area contributed by atoms with Crippen molar-refractivity contribution in [3.8, 4) is 17.1 Å². The Morgan fingerprint density at radius 2 is 1.96 bits per heavy atom. The molecule has 27 heavy (non-hydrogen) atoms. The van der Waals surface area contributed by atoms with Crippen LogP contribution in [0.25, 0.3) is 22.4 Å². The molecule has 0 aliphatic carbocycles. The number of benzene rings is 2. The first kappa shape index (κ1) is 17.9.